The first-order chi connectivity index (χ1) is 13.0. The van der Waals surface area contributed by atoms with Gasteiger partial charge < -0.3 is 10.1 Å². The first-order valence-corrected chi connectivity index (χ1v) is 9.37. The molecule has 27 heavy (non-hydrogen) atoms. The Morgan fingerprint density at radius 3 is 2.74 bits per heavy atom. The number of anilines is 1. The van der Waals surface area contributed by atoms with Gasteiger partial charge in [0.15, 0.2) is 0 Å². The number of hydrogen-bond donors (Lipinski definition) is 1. The van der Waals surface area contributed by atoms with Crippen LogP contribution in [0.2, 0.25) is 0 Å². The van der Waals surface area contributed by atoms with Crippen LogP contribution in [0.3, 0.4) is 0 Å². The average Bonchev–Trinajstić information content (AvgIpc) is 2.67. The number of nitrogens with zero attached hydrogens (tertiary/aromatic N) is 2. The monoisotopic (exact) mass is 377 g/mol. The topological polar surface area (TPSA) is 75.0 Å². The molecule has 136 valence electrons. The number of nitrogens with one attached hydrogen (secondary N) is 1. The third-order valence-corrected chi connectivity index (χ3v) is 5.09. The number of rotatable bonds is 5. The fraction of sp³-hybridized carbons (Fsp3) is 0.190. The van der Waals surface area contributed by atoms with Crippen molar-refractivity contribution in [1.82, 2.24) is 4.98 Å². The molecule has 0 aliphatic rings. The van der Waals surface area contributed by atoms with Gasteiger partial charge in [0.2, 0.25) is 5.91 Å². The summed E-state index contributed by atoms with van der Waals surface area (Å²) in [5.74, 6) is 0.755. The lowest BCUT2D eigenvalue weighted by molar-refractivity contribution is -0.113. The van der Waals surface area contributed by atoms with E-state index in [9.17, 15) is 10.1 Å². The van der Waals surface area contributed by atoms with Crippen molar-refractivity contribution < 1.29 is 9.53 Å². The highest BCUT2D eigenvalue weighted by Gasteiger charge is 2.12. The lowest BCUT2D eigenvalue weighted by Gasteiger charge is -2.10. The molecule has 0 fully saturated rings. The Balaban J connectivity index is 1.75. The summed E-state index contributed by atoms with van der Waals surface area (Å²) in [5.41, 5.74) is 4.16. The van der Waals surface area contributed by atoms with Crippen molar-refractivity contribution in [1.29, 1.82) is 5.26 Å². The Bertz CT molecular complexity index is 1060. The number of thioether (sulfide) groups is 1. The summed E-state index contributed by atoms with van der Waals surface area (Å²) in [6, 6.07) is 15.3. The summed E-state index contributed by atoms with van der Waals surface area (Å²) >= 11 is 1.26. The Hall–Kier alpha value is -3.04. The van der Waals surface area contributed by atoms with E-state index in [0.29, 0.717) is 16.3 Å². The van der Waals surface area contributed by atoms with E-state index >= 15 is 0 Å². The third-order valence-electron chi connectivity index (χ3n) is 4.10. The molecule has 1 aromatic heterocycles. The molecule has 0 saturated heterocycles. The number of fused-ring (bicyclic) bond motifs is 1. The van der Waals surface area contributed by atoms with Gasteiger partial charge in [-0.3, -0.25) is 4.79 Å². The zero-order valence-corrected chi connectivity index (χ0v) is 16.2. The number of nitriles is 1. The summed E-state index contributed by atoms with van der Waals surface area (Å²) in [7, 11) is 1.60. The summed E-state index contributed by atoms with van der Waals surface area (Å²) in [4.78, 5) is 16.8. The Labute approximate surface area is 162 Å². The SMILES string of the molecule is COc1ccc2nc(SCC(=O)Nc3ccc(C)cc3C)c(C#N)cc2c1. The minimum Gasteiger partial charge on any atom is -0.497 e. The molecule has 0 spiro atoms. The van der Waals surface area contributed by atoms with E-state index in [1.54, 1.807) is 13.2 Å². The molecule has 1 N–H and O–H groups in total. The molecule has 3 rings (SSSR count). The highest BCUT2D eigenvalue weighted by Crippen LogP contribution is 2.27. The van der Waals surface area contributed by atoms with E-state index in [0.717, 1.165) is 27.7 Å². The number of hydrogen-bond acceptors (Lipinski definition) is 5. The van der Waals surface area contributed by atoms with E-state index in [2.05, 4.69) is 16.4 Å². The summed E-state index contributed by atoms with van der Waals surface area (Å²) in [6.45, 7) is 3.97. The van der Waals surface area contributed by atoms with E-state index in [1.807, 2.05) is 50.2 Å². The van der Waals surface area contributed by atoms with Crippen LogP contribution in [0, 0.1) is 25.2 Å². The van der Waals surface area contributed by atoms with Crippen LogP contribution in [0.25, 0.3) is 10.9 Å². The molecule has 2 aromatic carbocycles. The second-order valence-corrected chi connectivity index (χ2v) is 7.13. The number of aryl methyl sites for hydroxylation is 2. The van der Waals surface area contributed by atoms with Crippen molar-refractivity contribution in [2.45, 2.75) is 18.9 Å². The number of carbonyl (C=O) groups excluding carboxylic acids is 1. The van der Waals surface area contributed by atoms with E-state index in [4.69, 9.17) is 4.74 Å². The van der Waals surface area contributed by atoms with Crippen LogP contribution >= 0.6 is 11.8 Å². The molecule has 0 saturated carbocycles. The molecule has 6 heteroatoms. The van der Waals surface area contributed by atoms with Crippen molar-refractivity contribution in [3.05, 3.63) is 59.2 Å². The summed E-state index contributed by atoms with van der Waals surface area (Å²) < 4.78 is 5.21. The normalized spacial score (nSPS) is 10.4. The van der Waals surface area contributed by atoms with E-state index in [1.165, 1.54) is 11.8 Å². The number of methoxy groups -OCH3 is 1. The van der Waals surface area contributed by atoms with Crippen LogP contribution in [0.5, 0.6) is 5.75 Å². The van der Waals surface area contributed by atoms with Crippen molar-refractivity contribution in [2.24, 2.45) is 0 Å². The van der Waals surface area contributed by atoms with E-state index in [-0.39, 0.29) is 11.7 Å². The number of aromatic nitrogens is 1. The second kappa shape index (κ2) is 8.11. The maximum atomic E-state index is 12.3. The molecule has 1 heterocycles. The average molecular weight is 377 g/mol. The van der Waals surface area contributed by atoms with Gasteiger partial charge in [0, 0.05) is 11.1 Å². The molecular weight excluding hydrogens is 358 g/mol. The van der Waals surface area contributed by atoms with Crippen molar-refractivity contribution in [3.63, 3.8) is 0 Å². The highest BCUT2D eigenvalue weighted by molar-refractivity contribution is 8.00. The smallest absolute Gasteiger partial charge is 0.234 e. The number of pyridine rings is 1. The molecule has 0 aliphatic heterocycles. The predicted molar refractivity (Wildman–Crippen MR) is 108 cm³/mol. The largest absolute Gasteiger partial charge is 0.497 e. The quantitative estimate of drug-likeness (QED) is 0.664. The molecule has 0 radical (unpaired) electrons. The number of benzene rings is 2. The summed E-state index contributed by atoms with van der Waals surface area (Å²) in [6.07, 6.45) is 0. The van der Waals surface area contributed by atoms with Gasteiger partial charge in [0.1, 0.15) is 16.8 Å². The Kier molecular flexibility index (Phi) is 5.63. The van der Waals surface area contributed by atoms with Gasteiger partial charge in [-0.2, -0.15) is 5.26 Å². The molecule has 0 aliphatic carbocycles. The van der Waals surface area contributed by atoms with Gasteiger partial charge in [-0.1, -0.05) is 29.5 Å². The van der Waals surface area contributed by atoms with Gasteiger partial charge in [0.25, 0.3) is 0 Å². The van der Waals surface area contributed by atoms with Gasteiger partial charge in [-0.15, -0.1) is 0 Å². The zero-order valence-electron chi connectivity index (χ0n) is 15.4. The lowest BCUT2D eigenvalue weighted by atomic mass is 10.1. The third kappa shape index (κ3) is 4.39. The fourth-order valence-electron chi connectivity index (χ4n) is 2.73. The molecular formula is C21H19N3O2S. The maximum absolute atomic E-state index is 12.3. The fourth-order valence-corrected chi connectivity index (χ4v) is 3.49. The molecule has 0 bridgehead atoms. The van der Waals surface area contributed by atoms with Crippen LogP contribution in [0.1, 0.15) is 16.7 Å². The van der Waals surface area contributed by atoms with Gasteiger partial charge in [-0.05, 0) is 49.7 Å². The van der Waals surface area contributed by atoms with Crippen LogP contribution in [0.4, 0.5) is 5.69 Å². The second-order valence-electron chi connectivity index (χ2n) is 6.17. The highest BCUT2D eigenvalue weighted by atomic mass is 32.2. The predicted octanol–water partition coefficient (Wildman–Crippen LogP) is 4.46. The van der Waals surface area contributed by atoms with Gasteiger partial charge >= 0.3 is 0 Å². The molecule has 0 atom stereocenters. The lowest BCUT2D eigenvalue weighted by Crippen LogP contribution is -2.15. The van der Waals surface area contributed by atoms with Gasteiger partial charge in [-0.25, -0.2) is 4.98 Å². The van der Waals surface area contributed by atoms with Crippen molar-refractivity contribution in [2.75, 3.05) is 18.2 Å². The first kappa shape index (κ1) is 18.7. The van der Waals surface area contributed by atoms with Crippen LogP contribution in [0.15, 0.2) is 47.5 Å². The number of carbonyl (C=O) groups is 1. The maximum Gasteiger partial charge on any atom is 0.234 e. The first-order valence-electron chi connectivity index (χ1n) is 8.39. The van der Waals surface area contributed by atoms with Crippen LogP contribution in [-0.4, -0.2) is 23.8 Å². The van der Waals surface area contributed by atoms with E-state index < -0.39 is 0 Å². The minimum atomic E-state index is -0.132. The van der Waals surface area contributed by atoms with Crippen molar-refractivity contribution in [3.8, 4) is 11.8 Å². The van der Waals surface area contributed by atoms with Crippen LogP contribution < -0.4 is 10.1 Å². The minimum absolute atomic E-state index is 0.132. The molecule has 3 aromatic rings. The number of ether oxygens (including phenoxy) is 1. The molecule has 1 amide bonds. The Morgan fingerprint density at radius 1 is 1.22 bits per heavy atom. The standard InChI is InChI=1S/C21H19N3O2S/c1-13-4-6-18(14(2)8-13)23-20(25)12-27-21-16(11-22)9-15-10-17(26-3)5-7-19(15)24-21/h4-10H,12H2,1-3H3,(H,23,25). The van der Waals surface area contributed by atoms with Crippen molar-refractivity contribution >= 4 is 34.3 Å². The zero-order chi connectivity index (χ0) is 19.4. The summed E-state index contributed by atoms with van der Waals surface area (Å²) in [5, 5.41) is 13.7. The Morgan fingerprint density at radius 2 is 2.04 bits per heavy atom. The molecule has 5 nitrogen and oxygen atoms in total. The van der Waals surface area contributed by atoms with Crippen LogP contribution in [-0.2, 0) is 4.79 Å². The molecule has 0 unspecified atom stereocenters. The number of amides is 1. The van der Waals surface area contributed by atoms with Gasteiger partial charge in [0.05, 0.1) is 23.9 Å².